The first-order chi connectivity index (χ1) is 11.8. The second-order valence-corrected chi connectivity index (χ2v) is 7.09. The quantitative estimate of drug-likeness (QED) is 0.801. The van der Waals surface area contributed by atoms with Crippen molar-refractivity contribution in [2.45, 2.75) is 37.6 Å². The van der Waals surface area contributed by atoms with Gasteiger partial charge in [0, 0.05) is 42.1 Å². The van der Waals surface area contributed by atoms with Crippen molar-refractivity contribution in [3.05, 3.63) is 42.5 Å². The summed E-state index contributed by atoms with van der Waals surface area (Å²) in [5, 5.41) is 15.3. The third kappa shape index (κ3) is 2.23. The van der Waals surface area contributed by atoms with Gasteiger partial charge in [-0.05, 0) is 43.7 Å². The van der Waals surface area contributed by atoms with E-state index in [-0.39, 0.29) is 6.61 Å². The first kappa shape index (κ1) is 14.1. The van der Waals surface area contributed by atoms with Crippen LogP contribution in [0.4, 0.5) is 0 Å². The van der Waals surface area contributed by atoms with Gasteiger partial charge in [0.1, 0.15) is 0 Å². The summed E-state index contributed by atoms with van der Waals surface area (Å²) in [6, 6.07) is 6.45. The van der Waals surface area contributed by atoms with Gasteiger partial charge in [-0.1, -0.05) is 6.07 Å². The first-order valence-electron chi connectivity index (χ1n) is 8.73. The zero-order valence-electron chi connectivity index (χ0n) is 13.5. The maximum atomic E-state index is 9.26. The molecule has 1 N–H and O–H groups in total. The van der Waals surface area contributed by atoms with Crippen molar-refractivity contribution in [3.63, 3.8) is 0 Å². The van der Waals surface area contributed by atoms with Crippen molar-refractivity contribution in [1.82, 2.24) is 19.7 Å². The van der Waals surface area contributed by atoms with Crippen LogP contribution >= 0.6 is 0 Å². The van der Waals surface area contributed by atoms with Crippen molar-refractivity contribution in [3.8, 4) is 11.3 Å². The van der Waals surface area contributed by atoms with Crippen molar-refractivity contribution in [2.75, 3.05) is 6.61 Å². The Kier molecular flexibility index (Phi) is 3.16. The molecule has 122 valence electrons. The molecule has 3 aromatic heterocycles. The summed E-state index contributed by atoms with van der Waals surface area (Å²) in [6.45, 7) is 0.287. The predicted molar refractivity (Wildman–Crippen MR) is 91.6 cm³/mol. The standard InChI is InChI=1S/C19H20N4O/c24-11-12-8-15(9-12)23-10-16(17(22-23)14-3-4-14)19-18-13(5-7-21-19)2-1-6-20-18/h1-2,5-7,10,12,14-15,24H,3-4,8-9,11H2/t12-,15-. The van der Waals surface area contributed by atoms with Crippen LogP contribution in [-0.2, 0) is 0 Å². The second-order valence-electron chi connectivity index (χ2n) is 7.09. The first-order valence-corrected chi connectivity index (χ1v) is 8.73. The van der Waals surface area contributed by atoms with Crippen LogP contribution in [-0.4, -0.2) is 31.5 Å². The third-order valence-corrected chi connectivity index (χ3v) is 5.34. The Morgan fingerprint density at radius 3 is 2.79 bits per heavy atom. The Labute approximate surface area is 140 Å². The second kappa shape index (κ2) is 5.38. The van der Waals surface area contributed by atoms with Gasteiger partial charge in [0.2, 0.25) is 0 Å². The molecule has 2 saturated carbocycles. The van der Waals surface area contributed by atoms with Crippen molar-refractivity contribution < 1.29 is 5.11 Å². The molecular weight excluding hydrogens is 300 g/mol. The molecule has 2 aliphatic carbocycles. The van der Waals surface area contributed by atoms with Crippen LogP contribution in [0.1, 0.15) is 43.3 Å². The van der Waals surface area contributed by atoms with Crippen LogP contribution in [0.2, 0.25) is 0 Å². The molecule has 0 aromatic carbocycles. The average molecular weight is 320 g/mol. The highest BCUT2D eigenvalue weighted by atomic mass is 16.3. The Balaban J connectivity index is 1.60. The summed E-state index contributed by atoms with van der Waals surface area (Å²) in [5.41, 5.74) is 4.20. The lowest BCUT2D eigenvalue weighted by Gasteiger charge is -2.34. The number of hydrogen-bond donors (Lipinski definition) is 1. The summed E-state index contributed by atoms with van der Waals surface area (Å²) in [4.78, 5) is 9.20. The lowest BCUT2D eigenvalue weighted by atomic mass is 9.81. The molecule has 5 nitrogen and oxygen atoms in total. The van der Waals surface area contributed by atoms with Crippen LogP contribution in [0.15, 0.2) is 36.8 Å². The average Bonchev–Trinajstić information content (AvgIpc) is 3.34. The lowest BCUT2D eigenvalue weighted by molar-refractivity contribution is 0.105. The minimum Gasteiger partial charge on any atom is -0.396 e. The molecule has 24 heavy (non-hydrogen) atoms. The zero-order chi connectivity index (χ0) is 16.1. The molecule has 2 fully saturated rings. The van der Waals surface area contributed by atoms with E-state index in [0.717, 1.165) is 35.0 Å². The molecule has 2 aliphatic rings. The molecule has 0 saturated heterocycles. The highest BCUT2D eigenvalue weighted by molar-refractivity contribution is 5.91. The molecule has 0 radical (unpaired) electrons. The number of aliphatic hydroxyl groups excluding tert-OH is 1. The minimum absolute atomic E-state index is 0.287. The van der Waals surface area contributed by atoms with Crippen molar-refractivity contribution in [2.24, 2.45) is 5.92 Å². The Morgan fingerprint density at radius 1 is 1.12 bits per heavy atom. The minimum atomic E-state index is 0.287. The van der Waals surface area contributed by atoms with E-state index in [1.54, 1.807) is 0 Å². The van der Waals surface area contributed by atoms with Gasteiger partial charge in [-0.2, -0.15) is 5.10 Å². The van der Waals surface area contributed by atoms with E-state index in [1.807, 2.05) is 24.5 Å². The van der Waals surface area contributed by atoms with Crippen LogP contribution in [0, 0.1) is 5.92 Å². The van der Waals surface area contributed by atoms with E-state index in [4.69, 9.17) is 5.10 Å². The number of pyridine rings is 2. The van der Waals surface area contributed by atoms with Gasteiger partial charge in [-0.3, -0.25) is 14.6 Å². The molecule has 0 aliphatic heterocycles. The number of fused-ring (bicyclic) bond motifs is 1. The van der Waals surface area contributed by atoms with E-state index in [2.05, 4.69) is 26.9 Å². The summed E-state index contributed by atoms with van der Waals surface area (Å²) < 4.78 is 2.11. The molecule has 3 aromatic rings. The monoisotopic (exact) mass is 320 g/mol. The van der Waals surface area contributed by atoms with Gasteiger partial charge in [0.05, 0.1) is 22.9 Å². The Morgan fingerprint density at radius 2 is 2.00 bits per heavy atom. The summed E-state index contributed by atoms with van der Waals surface area (Å²) in [7, 11) is 0. The fourth-order valence-corrected chi connectivity index (χ4v) is 3.70. The van der Waals surface area contributed by atoms with E-state index in [0.29, 0.717) is 17.9 Å². The lowest BCUT2D eigenvalue weighted by Crippen LogP contribution is -2.29. The number of rotatable bonds is 4. The zero-order valence-corrected chi connectivity index (χ0v) is 13.5. The van der Waals surface area contributed by atoms with Gasteiger partial charge >= 0.3 is 0 Å². The number of aliphatic hydroxyl groups is 1. The van der Waals surface area contributed by atoms with Crippen LogP contribution < -0.4 is 0 Å². The highest BCUT2D eigenvalue weighted by Crippen LogP contribution is 2.46. The molecule has 0 amide bonds. The Bertz CT molecular complexity index is 888. The molecule has 5 heteroatoms. The molecular formula is C19H20N4O. The summed E-state index contributed by atoms with van der Waals surface area (Å²) in [6.07, 6.45) is 10.3. The maximum Gasteiger partial charge on any atom is 0.0999 e. The molecule has 5 rings (SSSR count). The van der Waals surface area contributed by atoms with Gasteiger partial charge in [-0.15, -0.1) is 0 Å². The van der Waals surface area contributed by atoms with Crippen molar-refractivity contribution in [1.29, 1.82) is 0 Å². The van der Waals surface area contributed by atoms with Gasteiger partial charge in [-0.25, -0.2) is 0 Å². The van der Waals surface area contributed by atoms with Crippen molar-refractivity contribution >= 4 is 10.9 Å². The van der Waals surface area contributed by atoms with E-state index in [9.17, 15) is 5.11 Å². The molecule has 0 spiro atoms. The van der Waals surface area contributed by atoms with Gasteiger partial charge in [0.25, 0.3) is 0 Å². The number of nitrogens with zero attached hydrogens (tertiary/aromatic N) is 4. The summed E-state index contributed by atoms with van der Waals surface area (Å²) in [5.74, 6) is 1.00. The third-order valence-electron chi connectivity index (χ3n) is 5.34. The normalized spacial score (nSPS) is 23.4. The molecule has 0 unspecified atom stereocenters. The number of hydrogen-bond acceptors (Lipinski definition) is 4. The fraction of sp³-hybridized carbons (Fsp3) is 0.421. The maximum absolute atomic E-state index is 9.26. The Hall–Kier alpha value is -2.27. The van der Waals surface area contributed by atoms with Crippen LogP contribution in [0.5, 0.6) is 0 Å². The summed E-state index contributed by atoms with van der Waals surface area (Å²) >= 11 is 0. The topological polar surface area (TPSA) is 63.8 Å². The predicted octanol–water partition coefficient (Wildman–Crippen LogP) is 3.31. The molecule has 0 bridgehead atoms. The fourth-order valence-electron chi connectivity index (χ4n) is 3.70. The van der Waals surface area contributed by atoms with Crippen LogP contribution in [0.25, 0.3) is 22.2 Å². The van der Waals surface area contributed by atoms with E-state index >= 15 is 0 Å². The van der Waals surface area contributed by atoms with Crippen LogP contribution in [0.3, 0.4) is 0 Å². The SMILES string of the molecule is OC[C@H]1C[C@H](n2cc(-c3nccc4cccnc34)c(C3CC3)n2)C1. The largest absolute Gasteiger partial charge is 0.396 e. The van der Waals surface area contributed by atoms with Gasteiger partial charge < -0.3 is 5.11 Å². The van der Waals surface area contributed by atoms with E-state index < -0.39 is 0 Å². The smallest absolute Gasteiger partial charge is 0.0999 e. The number of aromatic nitrogens is 4. The highest BCUT2D eigenvalue weighted by Gasteiger charge is 2.35. The van der Waals surface area contributed by atoms with Gasteiger partial charge in [0.15, 0.2) is 0 Å². The molecule has 3 heterocycles. The van der Waals surface area contributed by atoms with E-state index in [1.165, 1.54) is 18.5 Å². The molecule has 0 atom stereocenters.